The molecule has 0 N–H and O–H groups in total. The number of esters is 2. The number of ketones is 2. The van der Waals surface area contributed by atoms with E-state index in [9.17, 15) is 19.2 Å². The van der Waals surface area contributed by atoms with Crippen LogP contribution in [0.5, 0.6) is 0 Å². The first kappa shape index (κ1) is 36.1. The summed E-state index contributed by atoms with van der Waals surface area (Å²) in [5, 5.41) is 0. The van der Waals surface area contributed by atoms with Crippen LogP contribution in [0.3, 0.4) is 0 Å². The molecule has 0 saturated carbocycles. The van der Waals surface area contributed by atoms with Gasteiger partial charge in [0.25, 0.3) is 0 Å². The van der Waals surface area contributed by atoms with Gasteiger partial charge in [-0.3, -0.25) is 19.3 Å². The van der Waals surface area contributed by atoms with Crippen molar-refractivity contribution in [2.24, 2.45) is 0 Å². The van der Waals surface area contributed by atoms with Gasteiger partial charge in [0.1, 0.15) is 12.0 Å². The average Bonchev–Trinajstić information content (AvgIpc) is 2.93. The lowest BCUT2D eigenvalue weighted by Gasteiger charge is -2.19. The van der Waals surface area contributed by atoms with E-state index in [-0.39, 0.29) is 36.6 Å². The van der Waals surface area contributed by atoms with Crippen LogP contribution in [0.2, 0.25) is 0 Å². The summed E-state index contributed by atoms with van der Waals surface area (Å²) in [7, 11) is 10.5. The number of hydrogen-bond donors (Lipinski definition) is 0. The van der Waals surface area contributed by atoms with E-state index in [1.54, 1.807) is 95.6 Å². The third kappa shape index (κ3) is 14.9. The van der Waals surface area contributed by atoms with E-state index in [0.717, 1.165) is 0 Å². The standard InChI is InChI=1S/C14H17NO3.C11H12O3.C5H13NO2/c1-4-18-14(17)12(10-15(2)3)13(16)11-8-6-5-7-9-11;1-2-14-11(13)8-10(12)9-6-4-3-5-7-9;1-6(2)5(7-3)8-4/h5-10H,4H2,1-3H3;3-7H,2,8H2,1H3;5H,1-4H3/b12-10-;;. The van der Waals surface area contributed by atoms with Crippen molar-refractivity contribution in [3.05, 3.63) is 83.6 Å². The molecule has 0 aliphatic heterocycles. The monoisotopic (exact) mass is 558 g/mol. The minimum Gasteiger partial charge on any atom is -0.466 e. The average molecular weight is 559 g/mol. The Bertz CT molecular complexity index is 1050. The second-order valence-electron chi connectivity index (χ2n) is 8.44. The zero-order valence-electron chi connectivity index (χ0n) is 24.7. The number of ether oxygens (including phenoxy) is 4. The molecule has 0 heterocycles. The largest absolute Gasteiger partial charge is 0.466 e. The lowest BCUT2D eigenvalue weighted by Crippen LogP contribution is -2.30. The fraction of sp³-hybridized carbons (Fsp3) is 0.400. The highest BCUT2D eigenvalue weighted by atomic mass is 16.7. The summed E-state index contributed by atoms with van der Waals surface area (Å²) in [6, 6.07) is 17.4. The Labute approximate surface area is 237 Å². The minimum absolute atomic E-state index is 0.0352. The zero-order chi connectivity index (χ0) is 30.5. The van der Waals surface area contributed by atoms with Crippen LogP contribution in [0, 0.1) is 0 Å². The van der Waals surface area contributed by atoms with Crippen LogP contribution < -0.4 is 0 Å². The number of benzene rings is 2. The lowest BCUT2D eigenvalue weighted by molar-refractivity contribution is -0.179. The molecule has 0 bridgehead atoms. The summed E-state index contributed by atoms with van der Waals surface area (Å²) in [5.74, 6) is -1.60. The Morgan fingerprint density at radius 3 is 1.60 bits per heavy atom. The molecule has 0 aliphatic rings. The number of nitrogens with zero attached hydrogens (tertiary/aromatic N) is 2. The number of rotatable bonds is 12. The first-order valence-electron chi connectivity index (χ1n) is 12.6. The van der Waals surface area contributed by atoms with Gasteiger partial charge in [0.05, 0.1) is 13.2 Å². The molecule has 2 rings (SSSR count). The predicted molar refractivity (Wildman–Crippen MR) is 153 cm³/mol. The molecule has 0 radical (unpaired) electrons. The van der Waals surface area contributed by atoms with Crippen molar-refractivity contribution in [3.63, 3.8) is 0 Å². The Balaban J connectivity index is 0.000000614. The molecule has 0 aromatic heterocycles. The van der Waals surface area contributed by atoms with Gasteiger partial charge in [-0.25, -0.2) is 4.79 Å². The second-order valence-corrected chi connectivity index (χ2v) is 8.44. The van der Waals surface area contributed by atoms with E-state index in [1.807, 2.05) is 31.1 Å². The Morgan fingerprint density at radius 2 is 1.23 bits per heavy atom. The summed E-state index contributed by atoms with van der Waals surface area (Å²) in [5.41, 5.74) is 1.05. The maximum Gasteiger partial charge on any atom is 0.343 e. The van der Waals surface area contributed by atoms with Crippen LogP contribution in [0.1, 0.15) is 41.0 Å². The van der Waals surface area contributed by atoms with Crippen LogP contribution >= 0.6 is 0 Å². The van der Waals surface area contributed by atoms with Gasteiger partial charge in [0, 0.05) is 45.6 Å². The number of Topliss-reactive ketones (excluding diaryl/α,β-unsaturated/α-hetero) is 2. The molecule has 0 atom stereocenters. The molecule has 0 spiro atoms. The van der Waals surface area contributed by atoms with E-state index in [0.29, 0.717) is 17.7 Å². The summed E-state index contributed by atoms with van der Waals surface area (Å²) in [4.78, 5) is 49.8. The van der Waals surface area contributed by atoms with Gasteiger partial charge in [0.15, 0.2) is 5.78 Å². The molecule has 2 aromatic carbocycles. The highest BCUT2D eigenvalue weighted by Crippen LogP contribution is 2.11. The molecule has 40 heavy (non-hydrogen) atoms. The Kier molecular flexibility index (Phi) is 19.0. The van der Waals surface area contributed by atoms with Crippen LogP contribution in [-0.2, 0) is 28.5 Å². The first-order chi connectivity index (χ1) is 19.0. The number of methoxy groups -OCH3 is 2. The topological polar surface area (TPSA) is 112 Å². The van der Waals surface area contributed by atoms with Gasteiger partial charge in [0.2, 0.25) is 12.2 Å². The fourth-order valence-corrected chi connectivity index (χ4v) is 3.00. The number of hydrogen-bond acceptors (Lipinski definition) is 10. The molecule has 220 valence electrons. The van der Waals surface area contributed by atoms with Crippen LogP contribution in [-0.4, -0.2) is 95.3 Å². The maximum atomic E-state index is 12.2. The fourth-order valence-electron chi connectivity index (χ4n) is 3.00. The molecule has 0 saturated heterocycles. The molecular weight excluding hydrogens is 516 g/mol. The summed E-state index contributed by atoms with van der Waals surface area (Å²) >= 11 is 0. The van der Waals surface area contributed by atoms with Gasteiger partial charge in [-0.05, 0) is 27.9 Å². The van der Waals surface area contributed by atoms with Crippen LogP contribution in [0.4, 0.5) is 0 Å². The third-order valence-electron chi connectivity index (χ3n) is 4.69. The van der Waals surface area contributed by atoms with Crippen molar-refractivity contribution in [2.45, 2.75) is 26.7 Å². The number of carbonyl (C=O) groups excluding carboxylic acids is 4. The van der Waals surface area contributed by atoms with Gasteiger partial charge in [-0.1, -0.05) is 60.7 Å². The van der Waals surface area contributed by atoms with E-state index < -0.39 is 11.9 Å². The molecule has 0 aliphatic carbocycles. The van der Waals surface area contributed by atoms with E-state index >= 15 is 0 Å². The van der Waals surface area contributed by atoms with Crippen molar-refractivity contribution < 1.29 is 38.1 Å². The highest BCUT2D eigenvalue weighted by molar-refractivity contribution is 6.24. The van der Waals surface area contributed by atoms with Crippen molar-refractivity contribution in [1.82, 2.24) is 9.80 Å². The van der Waals surface area contributed by atoms with Gasteiger partial charge >= 0.3 is 11.9 Å². The van der Waals surface area contributed by atoms with Crippen molar-refractivity contribution in [3.8, 4) is 0 Å². The van der Waals surface area contributed by atoms with Crippen molar-refractivity contribution >= 4 is 23.5 Å². The van der Waals surface area contributed by atoms with Gasteiger partial charge < -0.3 is 23.8 Å². The highest BCUT2D eigenvalue weighted by Gasteiger charge is 2.21. The Hall–Kier alpha value is -3.86. The van der Waals surface area contributed by atoms with Gasteiger partial charge in [-0.15, -0.1) is 0 Å². The van der Waals surface area contributed by atoms with Crippen molar-refractivity contribution in [1.29, 1.82) is 0 Å². The normalized spacial score (nSPS) is 10.5. The van der Waals surface area contributed by atoms with Crippen molar-refractivity contribution in [2.75, 3.05) is 55.6 Å². The first-order valence-corrected chi connectivity index (χ1v) is 12.6. The van der Waals surface area contributed by atoms with E-state index in [4.69, 9.17) is 14.2 Å². The predicted octanol–water partition coefficient (Wildman–Crippen LogP) is 3.82. The van der Waals surface area contributed by atoms with Crippen LogP contribution in [0.15, 0.2) is 72.4 Å². The number of carbonyl (C=O) groups is 4. The molecule has 2 aromatic rings. The molecule has 0 amide bonds. The maximum absolute atomic E-state index is 12.2. The second kappa shape index (κ2) is 21.0. The molecule has 10 heteroatoms. The summed E-state index contributed by atoms with van der Waals surface area (Å²) < 4.78 is 19.3. The molecular formula is C30H42N2O8. The molecule has 0 unspecified atom stereocenters. The third-order valence-corrected chi connectivity index (χ3v) is 4.69. The Morgan fingerprint density at radius 1 is 0.750 bits per heavy atom. The SMILES string of the molecule is CCOC(=O)/C(=C\N(C)C)C(=O)c1ccccc1.CCOC(=O)CC(=O)c1ccccc1.COC(OC)N(C)C. The molecule has 10 nitrogen and oxygen atoms in total. The van der Waals surface area contributed by atoms with Gasteiger partial charge in [-0.2, -0.15) is 0 Å². The van der Waals surface area contributed by atoms with E-state index in [1.165, 1.54) is 6.20 Å². The summed E-state index contributed by atoms with van der Waals surface area (Å²) in [6.07, 6.45) is 1.08. The van der Waals surface area contributed by atoms with Crippen LogP contribution in [0.25, 0.3) is 0 Å². The minimum atomic E-state index is -0.597. The molecule has 0 fully saturated rings. The smallest absolute Gasteiger partial charge is 0.343 e. The summed E-state index contributed by atoms with van der Waals surface area (Å²) in [6.45, 7) is 3.97. The zero-order valence-corrected chi connectivity index (χ0v) is 24.7. The quantitative estimate of drug-likeness (QED) is 0.0952. The van der Waals surface area contributed by atoms with E-state index in [2.05, 4.69) is 4.74 Å². The lowest BCUT2D eigenvalue weighted by atomic mass is 10.0.